The van der Waals surface area contributed by atoms with E-state index in [2.05, 4.69) is 49.5 Å². The first-order chi connectivity index (χ1) is 12.8. The Morgan fingerprint density at radius 3 is 2.74 bits per heavy atom. The number of nitrogens with zero attached hydrogens (tertiary/aromatic N) is 4. The van der Waals surface area contributed by atoms with E-state index in [0.717, 1.165) is 44.1 Å². The number of guanidine groups is 1. The van der Waals surface area contributed by atoms with Crippen LogP contribution in [0.5, 0.6) is 5.88 Å². The van der Waals surface area contributed by atoms with Crippen molar-refractivity contribution >= 4 is 46.3 Å². The molecule has 1 saturated heterocycles. The molecule has 3 rings (SSSR count). The lowest BCUT2D eigenvalue weighted by Crippen LogP contribution is -2.52. The maximum atomic E-state index is 5.74. The number of ether oxygens (including phenoxy) is 1. The summed E-state index contributed by atoms with van der Waals surface area (Å²) < 4.78 is 5.74. The minimum absolute atomic E-state index is 0. The molecular weight excluding hydrogens is 473 g/mol. The zero-order chi connectivity index (χ0) is 18.2. The highest BCUT2D eigenvalue weighted by atomic mass is 127. The fourth-order valence-electron chi connectivity index (χ4n) is 2.98. The van der Waals surface area contributed by atoms with E-state index in [1.54, 1.807) is 17.5 Å². The second-order valence-electron chi connectivity index (χ2n) is 6.14. The van der Waals surface area contributed by atoms with Crippen molar-refractivity contribution in [2.45, 2.75) is 19.9 Å². The normalized spacial score (nSPS) is 14.7. The Hall–Kier alpha value is -1.55. The maximum Gasteiger partial charge on any atom is 0.218 e. The van der Waals surface area contributed by atoms with E-state index in [1.807, 2.05) is 19.2 Å². The van der Waals surface area contributed by atoms with Crippen LogP contribution in [0.2, 0.25) is 0 Å². The highest BCUT2D eigenvalue weighted by Crippen LogP contribution is 2.22. The molecular formula is C19H28IN5OS. The number of hydrogen-bond acceptors (Lipinski definition) is 5. The lowest BCUT2D eigenvalue weighted by molar-refractivity contribution is 0.301. The number of aromatic nitrogens is 1. The minimum atomic E-state index is 0. The third-order valence-corrected chi connectivity index (χ3v) is 5.27. The van der Waals surface area contributed by atoms with Gasteiger partial charge in [-0.25, -0.2) is 4.98 Å². The lowest BCUT2D eigenvalue weighted by atomic mass is 10.2. The van der Waals surface area contributed by atoms with Gasteiger partial charge in [-0.3, -0.25) is 4.99 Å². The van der Waals surface area contributed by atoms with Crippen LogP contribution in [0.25, 0.3) is 0 Å². The van der Waals surface area contributed by atoms with Crippen LogP contribution in [-0.4, -0.2) is 55.7 Å². The van der Waals surface area contributed by atoms with Crippen LogP contribution in [0.15, 0.2) is 40.8 Å². The first-order valence-electron chi connectivity index (χ1n) is 9.12. The molecule has 0 atom stereocenters. The van der Waals surface area contributed by atoms with Gasteiger partial charge in [0.15, 0.2) is 5.96 Å². The van der Waals surface area contributed by atoms with Crippen molar-refractivity contribution in [1.82, 2.24) is 15.2 Å². The zero-order valence-electron chi connectivity index (χ0n) is 15.9. The molecule has 6 nitrogen and oxygen atoms in total. The number of rotatable bonds is 6. The molecule has 2 aromatic rings. The van der Waals surface area contributed by atoms with Crippen molar-refractivity contribution in [1.29, 1.82) is 0 Å². The molecule has 2 aromatic heterocycles. The molecule has 1 N–H and O–H groups in total. The van der Waals surface area contributed by atoms with Gasteiger partial charge in [-0.15, -0.1) is 35.3 Å². The molecule has 0 saturated carbocycles. The molecule has 0 unspecified atom stereocenters. The number of pyridine rings is 1. The molecule has 0 bridgehead atoms. The quantitative estimate of drug-likeness (QED) is 0.374. The Morgan fingerprint density at radius 1 is 1.26 bits per heavy atom. The summed E-state index contributed by atoms with van der Waals surface area (Å²) in [5.41, 5.74) is 1.05. The van der Waals surface area contributed by atoms with Gasteiger partial charge < -0.3 is 19.9 Å². The number of anilines is 1. The van der Waals surface area contributed by atoms with Crippen molar-refractivity contribution in [3.63, 3.8) is 0 Å². The Labute approximate surface area is 182 Å². The van der Waals surface area contributed by atoms with E-state index >= 15 is 0 Å². The van der Waals surface area contributed by atoms with Crippen molar-refractivity contribution < 1.29 is 4.74 Å². The maximum absolute atomic E-state index is 5.74. The molecule has 0 aromatic carbocycles. The largest absolute Gasteiger partial charge is 0.477 e. The molecule has 1 fully saturated rings. The summed E-state index contributed by atoms with van der Waals surface area (Å²) in [7, 11) is 1.84. The van der Waals surface area contributed by atoms with E-state index < -0.39 is 0 Å². The van der Waals surface area contributed by atoms with Gasteiger partial charge in [0.05, 0.1) is 11.6 Å². The fourth-order valence-corrected chi connectivity index (χ4v) is 3.77. The third kappa shape index (κ3) is 5.97. The monoisotopic (exact) mass is 501 g/mol. The Kier molecular flexibility index (Phi) is 9.12. The Morgan fingerprint density at radius 2 is 2.07 bits per heavy atom. The number of thiophene rings is 1. The van der Waals surface area contributed by atoms with Crippen LogP contribution >= 0.6 is 35.3 Å². The minimum Gasteiger partial charge on any atom is -0.477 e. The standard InChI is InChI=1S/C19H27N5OS.HI/c1-3-13-25-18-16(6-4-8-21-18)15-22-19(20-2)24-11-9-23(10-12-24)17-7-5-14-26-17;/h4-8,14H,3,9-13,15H2,1-2H3,(H,20,22);1H. The summed E-state index contributed by atoms with van der Waals surface area (Å²) in [6.45, 7) is 7.39. The SMILES string of the molecule is CCCOc1ncccc1CNC(=NC)N1CCN(c2cccs2)CC1.I. The van der Waals surface area contributed by atoms with Gasteiger partial charge >= 0.3 is 0 Å². The average Bonchev–Trinajstić information content (AvgIpc) is 3.23. The molecule has 3 heterocycles. The predicted octanol–water partition coefficient (Wildman–Crippen LogP) is 3.45. The number of halogens is 1. The van der Waals surface area contributed by atoms with Crippen molar-refractivity contribution in [3.05, 3.63) is 41.4 Å². The smallest absolute Gasteiger partial charge is 0.218 e. The third-order valence-electron chi connectivity index (χ3n) is 4.34. The number of piperazine rings is 1. The van der Waals surface area contributed by atoms with Gasteiger partial charge in [0.25, 0.3) is 0 Å². The predicted molar refractivity (Wildman–Crippen MR) is 124 cm³/mol. The molecule has 148 valence electrons. The number of aliphatic imine (C=N–C) groups is 1. The van der Waals surface area contributed by atoms with Crippen LogP contribution in [-0.2, 0) is 6.54 Å². The van der Waals surface area contributed by atoms with Gasteiger partial charge in [0.1, 0.15) is 0 Å². The average molecular weight is 501 g/mol. The van der Waals surface area contributed by atoms with Crippen LogP contribution in [0.1, 0.15) is 18.9 Å². The van der Waals surface area contributed by atoms with Gasteiger partial charge in [-0.2, -0.15) is 0 Å². The summed E-state index contributed by atoms with van der Waals surface area (Å²) in [5.74, 6) is 1.64. The molecule has 0 amide bonds. The molecule has 1 aliphatic rings. The van der Waals surface area contributed by atoms with E-state index in [-0.39, 0.29) is 24.0 Å². The summed E-state index contributed by atoms with van der Waals surface area (Å²) >= 11 is 1.80. The van der Waals surface area contributed by atoms with E-state index in [4.69, 9.17) is 4.74 Å². The van der Waals surface area contributed by atoms with E-state index in [0.29, 0.717) is 19.0 Å². The lowest BCUT2D eigenvalue weighted by Gasteiger charge is -2.37. The van der Waals surface area contributed by atoms with E-state index in [1.165, 1.54) is 5.00 Å². The topological polar surface area (TPSA) is 53.0 Å². The summed E-state index contributed by atoms with van der Waals surface area (Å²) in [6, 6.07) is 8.29. The van der Waals surface area contributed by atoms with Crippen LogP contribution in [0.3, 0.4) is 0 Å². The van der Waals surface area contributed by atoms with Gasteiger partial charge in [0, 0.05) is 51.5 Å². The van der Waals surface area contributed by atoms with Gasteiger partial charge in [-0.05, 0) is 30.0 Å². The summed E-state index contributed by atoms with van der Waals surface area (Å²) in [6.07, 6.45) is 2.74. The van der Waals surface area contributed by atoms with Crippen LogP contribution < -0.4 is 15.0 Å². The first kappa shape index (κ1) is 21.7. The summed E-state index contributed by atoms with van der Waals surface area (Å²) in [4.78, 5) is 13.6. The molecule has 0 aliphatic carbocycles. The molecule has 27 heavy (non-hydrogen) atoms. The van der Waals surface area contributed by atoms with Crippen molar-refractivity contribution in [3.8, 4) is 5.88 Å². The van der Waals surface area contributed by atoms with Crippen molar-refractivity contribution in [2.24, 2.45) is 4.99 Å². The van der Waals surface area contributed by atoms with Crippen LogP contribution in [0.4, 0.5) is 5.00 Å². The zero-order valence-corrected chi connectivity index (χ0v) is 19.1. The number of hydrogen-bond donors (Lipinski definition) is 1. The molecule has 8 heteroatoms. The molecule has 0 radical (unpaired) electrons. The highest BCUT2D eigenvalue weighted by Gasteiger charge is 2.20. The van der Waals surface area contributed by atoms with Gasteiger partial charge in [-0.1, -0.05) is 13.0 Å². The first-order valence-corrected chi connectivity index (χ1v) is 10.0. The highest BCUT2D eigenvalue weighted by molar-refractivity contribution is 14.0. The fraction of sp³-hybridized carbons (Fsp3) is 0.474. The van der Waals surface area contributed by atoms with E-state index in [9.17, 15) is 0 Å². The van der Waals surface area contributed by atoms with Crippen LogP contribution in [0, 0.1) is 0 Å². The second-order valence-corrected chi connectivity index (χ2v) is 7.07. The summed E-state index contributed by atoms with van der Waals surface area (Å²) in [5, 5.41) is 6.94. The van der Waals surface area contributed by atoms with Gasteiger partial charge in [0.2, 0.25) is 5.88 Å². The Bertz CT molecular complexity index is 702. The van der Waals surface area contributed by atoms with Crippen molar-refractivity contribution in [2.75, 3.05) is 44.7 Å². The Balaban J connectivity index is 0.00000261. The second kappa shape index (κ2) is 11.3. The number of nitrogens with one attached hydrogen (secondary N) is 1. The molecule has 0 spiro atoms. The molecule has 1 aliphatic heterocycles.